The van der Waals surface area contributed by atoms with Gasteiger partial charge in [-0.25, -0.2) is 0 Å². The Balaban J connectivity index is 2.58. The standard InChI is InChI=1S/C14H17N3O/c1-5-17-12(8-18)7-13(16-17)14-10(3)6-9(2)11(4)15-14/h6-8H,5H2,1-4H3. The minimum Gasteiger partial charge on any atom is -0.296 e. The van der Waals surface area contributed by atoms with Crippen LogP contribution in [0.15, 0.2) is 12.1 Å². The van der Waals surface area contributed by atoms with Crippen LogP contribution in [0.1, 0.15) is 34.2 Å². The van der Waals surface area contributed by atoms with Crippen LogP contribution in [0.3, 0.4) is 0 Å². The molecule has 2 rings (SSSR count). The fourth-order valence-electron chi connectivity index (χ4n) is 2.00. The van der Waals surface area contributed by atoms with Gasteiger partial charge in [0.15, 0.2) is 6.29 Å². The highest BCUT2D eigenvalue weighted by Gasteiger charge is 2.12. The fraction of sp³-hybridized carbons (Fsp3) is 0.357. The number of aldehydes is 1. The second-order valence-corrected chi connectivity index (χ2v) is 4.44. The van der Waals surface area contributed by atoms with Crippen LogP contribution >= 0.6 is 0 Å². The number of carbonyl (C=O) groups is 1. The molecule has 0 atom stereocenters. The molecule has 4 nitrogen and oxygen atoms in total. The molecule has 0 radical (unpaired) electrons. The summed E-state index contributed by atoms with van der Waals surface area (Å²) in [6.45, 7) is 8.68. The average molecular weight is 243 g/mol. The molecule has 0 amide bonds. The van der Waals surface area contributed by atoms with E-state index >= 15 is 0 Å². The summed E-state index contributed by atoms with van der Waals surface area (Å²) in [7, 11) is 0. The van der Waals surface area contributed by atoms with Crippen LogP contribution in [0.25, 0.3) is 11.4 Å². The summed E-state index contributed by atoms with van der Waals surface area (Å²) in [4.78, 5) is 15.5. The Kier molecular flexibility index (Phi) is 3.28. The van der Waals surface area contributed by atoms with E-state index in [-0.39, 0.29) is 0 Å². The van der Waals surface area contributed by atoms with Crippen LogP contribution < -0.4 is 0 Å². The van der Waals surface area contributed by atoms with Crippen molar-refractivity contribution in [3.8, 4) is 11.4 Å². The first-order chi connectivity index (χ1) is 8.56. The van der Waals surface area contributed by atoms with Crippen LogP contribution in [0, 0.1) is 20.8 Å². The van der Waals surface area contributed by atoms with Crippen LogP contribution in [0.5, 0.6) is 0 Å². The Hall–Kier alpha value is -1.97. The smallest absolute Gasteiger partial charge is 0.168 e. The fourth-order valence-corrected chi connectivity index (χ4v) is 2.00. The zero-order valence-corrected chi connectivity index (χ0v) is 11.2. The van der Waals surface area contributed by atoms with Crippen molar-refractivity contribution in [1.29, 1.82) is 0 Å². The molecule has 0 saturated heterocycles. The van der Waals surface area contributed by atoms with Gasteiger partial charge in [0.25, 0.3) is 0 Å². The van der Waals surface area contributed by atoms with Crippen molar-refractivity contribution in [2.45, 2.75) is 34.2 Å². The van der Waals surface area contributed by atoms with E-state index in [1.165, 1.54) is 5.56 Å². The van der Waals surface area contributed by atoms with Gasteiger partial charge in [-0.2, -0.15) is 5.10 Å². The Bertz CT molecular complexity index is 599. The van der Waals surface area contributed by atoms with E-state index in [1.807, 2.05) is 27.7 Å². The first kappa shape index (κ1) is 12.5. The van der Waals surface area contributed by atoms with Gasteiger partial charge in [-0.05, 0) is 44.9 Å². The molecule has 0 aliphatic heterocycles. The minimum atomic E-state index is 0.590. The largest absolute Gasteiger partial charge is 0.296 e. The van der Waals surface area contributed by atoms with Crippen LogP contribution in [0.2, 0.25) is 0 Å². The van der Waals surface area contributed by atoms with Gasteiger partial charge in [-0.3, -0.25) is 14.5 Å². The van der Waals surface area contributed by atoms with E-state index in [0.717, 1.165) is 28.9 Å². The summed E-state index contributed by atoms with van der Waals surface area (Å²) >= 11 is 0. The number of rotatable bonds is 3. The Labute approximate surface area is 107 Å². The first-order valence-electron chi connectivity index (χ1n) is 6.05. The van der Waals surface area contributed by atoms with E-state index < -0.39 is 0 Å². The van der Waals surface area contributed by atoms with Crippen molar-refractivity contribution in [2.24, 2.45) is 0 Å². The van der Waals surface area contributed by atoms with E-state index in [0.29, 0.717) is 12.2 Å². The first-order valence-corrected chi connectivity index (χ1v) is 6.05. The molecule has 0 unspecified atom stereocenters. The van der Waals surface area contributed by atoms with Gasteiger partial charge >= 0.3 is 0 Å². The topological polar surface area (TPSA) is 47.8 Å². The third-order valence-corrected chi connectivity index (χ3v) is 3.13. The lowest BCUT2D eigenvalue weighted by atomic mass is 10.1. The third-order valence-electron chi connectivity index (χ3n) is 3.13. The molecule has 94 valence electrons. The summed E-state index contributed by atoms with van der Waals surface area (Å²) in [6.07, 6.45) is 0.830. The number of hydrogen-bond acceptors (Lipinski definition) is 3. The molecule has 0 aromatic carbocycles. The molecule has 0 saturated carbocycles. The van der Waals surface area contributed by atoms with Gasteiger partial charge in [0.05, 0.1) is 5.69 Å². The lowest BCUT2D eigenvalue weighted by Crippen LogP contribution is -2.01. The lowest BCUT2D eigenvalue weighted by Gasteiger charge is -2.06. The molecule has 2 heterocycles. The zero-order valence-electron chi connectivity index (χ0n) is 11.2. The maximum Gasteiger partial charge on any atom is 0.168 e. The Morgan fingerprint density at radius 3 is 2.50 bits per heavy atom. The van der Waals surface area contributed by atoms with E-state index in [4.69, 9.17) is 0 Å². The highest BCUT2D eigenvalue weighted by Crippen LogP contribution is 2.22. The number of aryl methyl sites for hydroxylation is 4. The molecule has 0 aliphatic carbocycles. The average Bonchev–Trinajstić information content (AvgIpc) is 2.76. The van der Waals surface area contributed by atoms with Crippen molar-refractivity contribution in [2.75, 3.05) is 0 Å². The number of carbonyl (C=O) groups excluding carboxylic acids is 1. The highest BCUT2D eigenvalue weighted by molar-refractivity contribution is 5.75. The van der Waals surface area contributed by atoms with Gasteiger partial charge in [0, 0.05) is 12.2 Å². The summed E-state index contributed by atoms with van der Waals surface area (Å²) < 4.78 is 1.69. The monoisotopic (exact) mass is 243 g/mol. The number of hydrogen-bond donors (Lipinski definition) is 0. The predicted octanol–water partition coefficient (Wildman–Crippen LogP) is 2.70. The van der Waals surface area contributed by atoms with Gasteiger partial charge in [-0.1, -0.05) is 6.07 Å². The molecule has 0 bridgehead atoms. The number of aromatic nitrogens is 3. The van der Waals surface area contributed by atoms with Gasteiger partial charge in [0.2, 0.25) is 0 Å². The van der Waals surface area contributed by atoms with Crippen molar-refractivity contribution in [1.82, 2.24) is 14.8 Å². The van der Waals surface area contributed by atoms with Crippen molar-refractivity contribution in [3.05, 3.63) is 34.6 Å². The summed E-state index contributed by atoms with van der Waals surface area (Å²) in [5.74, 6) is 0. The molecular formula is C14H17N3O. The number of nitrogens with zero attached hydrogens (tertiary/aromatic N) is 3. The summed E-state index contributed by atoms with van der Waals surface area (Å²) in [6, 6.07) is 3.89. The normalized spacial score (nSPS) is 10.7. The van der Waals surface area contributed by atoms with E-state index in [9.17, 15) is 4.79 Å². The molecule has 2 aromatic heterocycles. The maximum absolute atomic E-state index is 11.0. The minimum absolute atomic E-state index is 0.590. The number of pyridine rings is 1. The van der Waals surface area contributed by atoms with Crippen LogP contribution in [-0.4, -0.2) is 21.1 Å². The van der Waals surface area contributed by atoms with E-state index in [1.54, 1.807) is 10.7 Å². The molecule has 18 heavy (non-hydrogen) atoms. The highest BCUT2D eigenvalue weighted by atomic mass is 16.1. The van der Waals surface area contributed by atoms with E-state index in [2.05, 4.69) is 16.1 Å². The molecule has 0 spiro atoms. The summed E-state index contributed by atoms with van der Waals surface area (Å²) in [5.41, 5.74) is 5.45. The van der Waals surface area contributed by atoms with Crippen molar-refractivity contribution < 1.29 is 4.79 Å². The van der Waals surface area contributed by atoms with Crippen molar-refractivity contribution >= 4 is 6.29 Å². The molecular weight excluding hydrogens is 226 g/mol. The Morgan fingerprint density at radius 1 is 1.22 bits per heavy atom. The quantitative estimate of drug-likeness (QED) is 0.779. The molecule has 0 N–H and O–H groups in total. The maximum atomic E-state index is 11.0. The van der Waals surface area contributed by atoms with Crippen LogP contribution in [-0.2, 0) is 6.54 Å². The molecule has 0 aliphatic rings. The molecule has 0 fully saturated rings. The van der Waals surface area contributed by atoms with Crippen LogP contribution in [0.4, 0.5) is 0 Å². The zero-order chi connectivity index (χ0) is 13.3. The van der Waals surface area contributed by atoms with Crippen molar-refractivity contribution in [3.63, 3.8) is 0 Å². The molecule has 4 heteroatoms. The second kappa shape index (κ2) is 4.72. The third kappa shape index (κ3) is 2.06. The van der Waals surface area contributed by atoms with Gasteiger partial charge in [-0.15, -0.1) is 0 Å². The lowest BCUT2D eigenvalue weighted by molar-refractivity contribution is 0.111. The Morgan fingerprint density at radius 2 is 1.94 bits per heavy atom. The SMILES string of the molecule is CCn1nc(-c2nc(C)c(C)cc2C)cc1C=O. The molecule has 2 aromatic rings. The summed E-state index contributed by atoms with van der Waals surface area (Å²) in [5, 5.41) is 4.42. The van der Waals surface area contributed by atoms with Gasteiger partial charge in [0.1, 0.15) is 11.4 Å². The predicted molar refractivity (Wildman–Crippen MR) is 70.7 cm³/mol. The second-order valence-electron chi connectivity index (χ2n) is 4.44. The van der Waals surface area contributed by atoms with Gasteiger partial charge < -0.3 is 0 Å².